The van der Waals surface area contributed by atoms with Crippen molar-refractivity contribution >= 4 is 0 Å². The molecule has 0 aromatic rings. The van der Waals surface area contributed by atoms with Gasteiger partial charge in [0.1, 0.15) is 0 Å². The molecule has 0 saturated carbocycles. The molecular weight excluding hydrogens is 186 g/mol. The zero-order chi connectivity index (χ0) is 10.5. The minimum Gasteiger partial charge on any atom is -0.314 e. The van der Waals surface area contributed by atoms with E-state index < -0.39 is 0 Å². The van der Waals surface area contributed by atoms with Gasteiger partial charge in [0, 0.05) is 38.8 Å². The molecule has 0 radical (unpaired) electrons. The highest BCUT2D eigenvalue weighted by molar-refractivity contribution is 4.79. The first-order valence-corrected chi connectivity index (χ1v) is 6.57. The highest BCUT2D eigenvalue weighted by atomic mass is 15.2. The van der Waals surface area contributed by atoms with Crippen LogP contribution in [0.4, 0.5) is 0 Å². The Morgan fingerprint density at radius 3 is 2.67 bits per heavy atom. The van der Waals surface area contributed by atoms with Gasteiger partial charge in [-0.3, -0.25) is 4.90 Å². The SMILES string of the molecule is CCC1CNCCN1CCN1CCCC1. The zero-order valence-electron chi connectivity index (χ0n) is 10.0. The van der Waals surface area contributed by atoms with Crippen LogP contribution in [0.2, 0.25) is 0 Å². The van der Waals surface area contributed by atoms with Gasteiger partial charge in [0.05, 0.1) is 0 Å². The molecule has 0 aromatic carbocycles. The first-order valence-electron chi connectivity index (χ1n) is 6.57. The third-order valence-electron chi connectivity index (χ3n) is 3.85. The van der Waals surface area contributed by atoms with E-state index in [2.05, 4.69) is 22.0 Å². The Morgan fingerprint density at radius 2 is 1.93 bits per heavy atom. The fourth-order valence-corrected chi connectivity index (χ4v) is 2.78. The van der Waals surface area contributed by atoms with E-state index in [-0.39, 0.29) is 0 Å². The summed E-state index contributed by atoms with van der Waals surface area (Å²) < 4.78 is 0. The Hall–Kier alpha value is -0.120. The summed E-state index contributed by atoms with van der Waals surface area (Å²) in [5.41, 5.74) is 0. The Morgan fingerprint density at radius 1 is 1.13 bits per heavy atom. The van der Waals surface area contributed by atoms with Crippen LogP contribution in [-0.4, -0.2) is 61.7 Å². The van der Waals surface area contributed by atoms with E-state index in [4.69, 9.17) is 0 Å². The largest absolute Gasteiger partial charge is 0.314 e. The van der Waals surface area contributed by atoms with E-state index >= 15 is 0 Å². The van der Waals surface area contributed by atoms with Gasteiger partial charge in [-0.15, -0.1) is 0 Å². The summed E-state index contributed by atoms with van der Waals surface area (Å²) in [5.74, 6) is 0. The van der Waals surface area contributed by atoms with E-state index in [0.717, 1.165) is 6.04 Å². The van der Waals surface area contributed by atoms with Crippen molar-refractivity contribution in [2.24, 2.45) is 0 Å². The summed E-state index contributed by atoms with van der Waals surface area (Å²) >= 11 is 0. The topological polar surface area (TPSA) is 18.5 Å². The molecule has 0 bridgehead atoms. The fourth-order valence-electron chi connectivity index (χ4n) is 2.78. The monoisotopic (exact) mass is 211 g/mol. The Bertz CT molecular complexity index is 178. The zero-order valence-corrected chi connectivity index (χ0v) is 10.0. The van der Waals surface area contributed by atoms with Crippen molar-refractivity contribution in [2.75, 3.05) is 45.8 Å². The highest BCUT2D eigenvalue weighted by Crippen LogP contribution is 2.10. The maximum Gasteiger partial charge on any atom is 0.0219 e. The van der Waals surface area contributed by atoms with Gasteiger partial charge in [0.25, 0.3) is 0 Å². The van der Waals surface area contributed by atoms with Crippen molar-refractivity contribution in [3.05, 3.63) is 0 Å². The van der Waals surface area contributed by atoms with Crippen LogP contribution in [0, 0.1) is 0 Å². The van der Waals surface area contributed by atoms with Crippen molar-refractivity contribution in [1.29, 1.82) is 0 Å². The second-order valence-corrected chi connectivity index (χ2v) is 4.85. The molecule has 3 heteroatoms. The van der Waals surface area contributed by atoms with Crippen LogP contribution in [-0.2, 0) is 0 Å². The van der Waals surface area contributed by atoms with Gasteiger partial charge in [-0.05, 0) is 32.4 Å². The van der Waals surface area contributed by atoms with Crippen LogP contribution in [0.1, 0.15) is 26.2 Å². The Balaban J connectivity index is 1.71. The van der Waals surface area contributed by atoms with Gasteiger partial charge in [0.15, 0.2) is 0 Å². The molecule has 0 amide bonds. The summed E-state index contributed by atoms with van der Waals surface area (Å²) in [6.45, 7) is 11.2. The number of hydrogen-bond acceptors (Lipinski definition) is 3. The Labute approximate surface area is 93.8 Å². The van der Waals surface area contributed by atoms with Crippen LogP contribution in [0.25, 0.3) is 0 Å². The van der Waals surface area contributed by atoms with Crippen LogP contribution >= 0.6 is 0 Å². The molecule has 2 aliphatic rings. The minimum absolute atomic E-state index is 0.779. The predicted octanol–water partition coefficient (Wildman–Crippen LogP) is 0.766. The summed E-state index contributed by atoms with van der Waals surface area (Å²) in [7, 11) is 0. The first-order chi connectivity index (χ1) is 7.40. The van der Waals surface area contributed by atoms with Gasteiger partial charge in [-0.25, -0.2) is 0 Å². The lowest BCUT2D eigenvalue weighted by atomic mass is 10.1. The van der Waals surface area contributed by atoms with Gasteiger partial charge in [-0.1, -0.05) is 6.92 Å². The van der Waals surface area contributed by atoms with Crippen molar-refractivity contribution in [2.45, 2.75) is 32.2 Å². The molecule has 2 aliphatic heterocycles. The van der Waals surface area contributed by atoms with Crippen LogP contribution in [0.3, 0.4) is 0 Å². The van der Waals surface area contributed by atoms with Crippen LogP contribution < -0.4 is 5.32 Å². The molecule has 2 fully saturated rings. The highest BCUT2D eigenvalue weighted by Gasteiger charge is 2.21. The molecule has 0 spiro atoms. The van der Waals surface area contributed by atoms with Gasteiger partial charge >= 0.3 is 0 Å². The molecular formula is C12H25N3. The second-order valence-electron chi connectivity index (χ2n) is 4.85. The molecule has 1 N–H and O–H groups in total. The number of nitrogens with zero attached hydrogens (tertiary/aromatic N) is 2. The van der Waals surface area contributed by atoms with Crippen molar-refractivity contribution in [3.63, 3.8) is 0 Å². The lowest BCUT2D eigenvalue weighted by molar-refractivity contribution is 0.139. The average Bonchev–Trinajstić information content (AvgIpc) is 2.79. The number of piperazine rings is 1. The fraction of sp³-hybridized carbons (Fsp3) is 1.00. The molecule has 2 heterocycles. The van der Waals surface area contributed by atoms with Crippen LogP contribution in [0.15, 0.2) is 0 Å². The van der Waals surface area contributed by atoms with Gasteiger partial charge in [0.2, 0.25) is 0 Å². The third kappa shape index (κ3) is 3.16. The quantitative estimate of drug-likeness (QED) is 0.741. The number of rotatable bonds is 4. The van der Waals surface area contributed by atoms with Crippen LogP contribution in [0.5, 0.6) is 0 Å². The van der Waals surface area contributed by atoms with E-state index in [9.17, 15) is 0 Å². The third-order valence-corrected chi connectivity index (χ3v) is 3.85. The molecule has 2 rings (SSSR count). The van der Waals surface area contributed by atoms with Gasteiger partial charge < -0.3 is 10.2 Å². The predicted molar refractivity (Wildman–Crippen MR) is 64.2 cm³/mol. The number of likely N-dealkylation sites (tertiary alicyclic amines) is 1. The van der Waals surface area contributed by atoms with Gasteiger partial charge in [-0.2, -0.15) is 0 Å². The van der Waals surface area contributed by atoms with Crippen molar-refractivity contribution in [3.8, 4) is 0 Å². The van der Waals surface area contributed by atoms with Crippen molar-refractivity contribution < 1.29 is 0 Å². The summed E-state index contributed by atoms with van der Waals surface area (Å²) in [6, 6.07) is 0.779. The number of hydrogen-bond donors (Lipinski definition) is 1. The smallest absolute Gasteiger partial charge is 0.0219 e. The van der Waals surface area contributed by atoms with E-state index in [1.165, 1.54) is 65.1 Å². The average molecular weight is 211 g/mol. The van der Waals surface area contributed by atoms with E-state index in [1.807, 2.05) is 0 Å². The lowest BCUT2D eigenvalue weighted by Crippen LogP contribution is -2.52. The first kappa shape index (κ1) is 11.4. The normalized spacial score (nSPS) is 29.8. The molecule has 0 aliphatic carbocycles. The second kappa shape index (κ2) is 5.83. The summed E-state index contributed by atoms with van der Waals surface area (Å²) in [5, 5.41) is 3.49. The molecule has 1 unspecified atom stereocenters. The molecule has 15 heavy (non-hydrogen) atoms. The van der Waals surface area contributed by atoms with E-state index in [0.29, 0.717) is 0 Å². The summed E-state index contributed by atoms with van der Waals surface area (Å²) in [4.78, 5) is 5.30. The summed E-state index contributed by atoms with van der Waals surface area (Å²) in [6.07, 6.45) is 4.12. The van der Waals surface area contributed by atoms with Crippen molar-refractivity contribution in [1.82, 2.24) is 15.1 Å². The molecule has 1 atom stereocenters. The lowest BCUT2D eigenvalue weighted by Gasteiger charge is -2.36. The Kier molecular flexibility index (Phi) is 4.42. The standard InChI is InChI=1S/C12H25N3/c1-2-12-11-13-5-8-15(12)10-9-14-6-3-4-7-14/h12-13H,2-11H2,1H3. The molecule has 3 nitrogen and oxygen atoms in total. The maximum absolute atomic E-state index is 3.49. The molecule has 0 aromatic heterocycles. The molecule has 2 saturated heterocycles. The minimum atomic E-state index is 0.779. The van der Waals surface area contributed by atoms with E-state index in [1.54, 1.807) is 0 Å². The molecule has 88 valence electrons. The maximum atomic E-state index is 3.49. The number of nitrogens with one attached hydrogen (secondary N) is 1.